The second kappa shape index (κ2) is 8.04. The minimum Gasteiger partial charge on any atom is -0.496 e. The van der Waals surface area contributed by atoms with Crippen LogP contribution < -0.4 is 15.7 Å². The van der Waals surface area contributed by atoms with Crippen molar-refractivity contribution in [1.82, 2.24) is 0 Å². The van der Waals surface area contributed by atoms with Gasteiger partial charge in [-0.2, -0.15) is 0 Å². The number of hydrogen-bond donors (Lipinski definition) is 1. The van der Waals surface area contributed by atoms with Crippen LogP contribution in [0.25, 0.3) is 32.9 Å². The highest BCUT2D eigenvalue weighted by molar-refractivity contribution is 6.08. The smallest absolute Gasteiger partial charge is 0.344 e. The molecule has 0 bridgehead atoms. The highest BCUT2D eigenvalue weighted by atomic mass is 16.5. The van der Waals surface area contributed by atoms with E-state index >= 15 is 0 Å². The second-order valence-corrected chi connectivity index (χ2v) is 7.42. The summed E-state index contributed by atoms with van der Waals surface area (Å²) in [5.41, 5.74) is 2.39. The molecule has 0 saturated carbocycles. The molecule has 0 atom stereocenters. The highest BCUT2D eigenvalue weighted by Crippen LogP contribution is 2.27. The van der Waals surface area contributed by atoms with E-state index in [4.69, 9.17) is 9.15 Å². The topological polar surface area (TPSA) is 68.5 Å². The third kappa shape index (κ3) is 3.61. The SMILES string of the molecule is COc1cc2ccccc2cc1C(=O)Nc1ccc(-c2cc3ccccc3oc2=O)cc1. The molecule has 0 aliphatic carbocycles. The van der Waals surface area contributed by atoms with Crippen molar-refractivity contribution in [2.75, 3.05) is 12.4 Å². The van der Waals surface area contributed by atoms with Crippen molar-refractivity contribution < 1.29 is 13.9 Å². The fraction of sp³-hybridized carbons (Fsp3) is 0.0370. The Balaban J connectivity index is 1.43. The molecule has 0 radical (unpaired) electrons. The molecule has 1 N–H and O–H groups in total. The lowest BCUT2D eigenvalue weighted by Crippen LogP contribution is -2.13. The first-order valence-electron chi connectivity index (χ1n) is 10.1. The number of fused-ring (bicyclic) bond motifs is 2. The average molecular weight is 421 g/mol. The highest BCUT2D eigenvalue weighted by Gasteiger charge is 2.14. The minimum absolute atomic E-state index is 0.273. The molecule has 32 heavy (non-hydrogen) atoms. The van der Waals surface area contributed by atoms with Gasteiger partial charge in [0.15, 0.2) is 0 Å². The average Bonchev–Trinajstić information content (AvgIpc) is 2.83. The Bertz CT molecular complexity index is 1520. The van der Waals surface area contributed by atoms with E-state index in [-0.39, 0.29) is 5.91 Å². The molecule has 0 aliphatic rings. The summed E-state index contributed by atoms with van der Waals surface area (Å²) in [4.78, 5) is 25.3. The van der Waals surface area contributed by atoms with Crippen molar-refractivity contribution in [1.29, 1.82) is 0 Å². The number of amides is 1. The number of ether oxygens (including phenoxy) is 1. The Morgan fingerprint density at radius 3 is 2.19 bits per heavy atom. The molecular weight excluding hydrogens is 402 g/mol. The van der Waals surface area contributed by atoms with Gasteiger partial charge >= 0.3 is 5.63 Å². The van der Waals surface area contributed by atoms with Gasteiger partial charge in [0, 0.05) is 11.1 Å². The van der Waals surface area contributed by atoms with Gasteiger partial charge in [0.1, 0.15) is 11.3 Å². The molecule has 0 fully saturated rings. The molecule has 1 heterocycles. The molecule has 0 unspecified atom stereocenters. The van der Waals surface area contributed by atoms with Crippen LogP contribution in [0.5, 0.6) is 5.75 Å². The van der Waals surface area contributed by atoms with Crippen LogP contribution in [-0.2, 0) is 0 Å². The number of para-hydroxylation sites is 1. The second-order valence-electron chi connectivity index (χ2n) is 7.42. The van der Waals surface area contributed by atoms with Crippen LogP contribution in [0.15, 0.2) is 100 Å². The van der Waals surface area contributed by atoms with Gasteiger partial charge in [0.2, 0.25) is 0 Å². The molecule has 1 amide bonds. The molecule has 4 aromatic carbocycles. The van der Waals surface area contributed by atoms with Gasteiger partial charge in [-0.3, -0.25) is 4.79 Å². The fourth-order valence-corrected chi connectivity index (χ4v) is 3.76. The van der Waals surface area contributed by atoms with E-state index in [9.17, 15) is 9.59 Å². The maximum absolute atomic E-state index is 12.9. The summed E-state index contributed by atoms with van der Waals surface area (Å²) in [6, 6.07) is 27.8. The monoisotopic (exact) mass is 421 g/mol. The van der Waals surface area contributed by atoms with Crippen LogP contribution in [0.4, 0.5) is 5.69 Å². The Hall–Kier alpha value is -4.38. The summed E-state index contributed by atoms with van der Waals surface area (Å²) in [6.45, 7) is 0. The molecule has 5 nitrogen and oxygen atoms in total. The Labute approximate surface area is 183 Å². The Morgan fingerprint density at radius 1 is 0.812 bits per heavy atom. The number of carbonyl (C=O) groups is 1. The van der Waals surface area contributed by atoms with Crippen molar-refractivity contribution in [3.63, 3.8) is 0 Å². The first-order chi connectivity index (χ1) is 15.6. The van der Waals surface area contributed by atoms with Gasteiger partial charge in [-0.05, 0) is 52.7 Å². The van der Waals surface area contributed by atoms with Crippen LogP contribution >= 0.6 is 0 Å². The number of carbonyl (C=O) groups excluding carboxylic acids is 1. The van der Waals surface area contributed by atoms with Crippen LogP contribution in [0.1, 0.15) is 10.4 Å². The first-order valence-corrected chi connectivity index (χ1v) is 10.1. The van der Waals surface area contributed by atoms with E-state index in [0.29, 0.717) is 33.7 Å². The number of methoxy groups -OCH3 is 1. The van der Waals surface area contributed by atoms with Crippen LogP contribution in [0.3, 0.4) is 0 Å². The lowest BCUT2D eigenvalue weighted by Gasteiger charge is -2.11. The van der Waals surface area contributed by atoms with Crippen LogP contribution in [-0.4, -0.2) is 13.0 Å². The van der Waals surface area contributed by atoms with Crippen LogP contribution in [0, 0.1) is 0 Å². The molecule has 1 aromatic heterocycles. The number of benzene rings is 4. The number of anilines is 1. The van der Waals surface area contributed by atoms with Gasteiger partial charge in [-0.1, -0.05) is 54.6 Å². The maximum Gasteiger partial charge on any atom is 0.344 e. The normalized spacial score (nSPS) is 10.9. The fourth-order valence-electron chi connectivity index (χ4n) is 3.76. The van der Waals surface area contributed by atoms with E-state index in [0.717, 1.165) is 16.2 Å². The van der Waals surface area contributed by atoms with E-state index in [1.165, 1.54) is 0 Å². The zero-order valence-electron chi connectivity index (χ0n) is 17.3. The molecule has 0 spiro atoms. The van der Waals surface area contributed by atoms with E-state index in [1.807, 2.05) is 60.7 Å². The van der Waals surface area contributed by atoms with Gasteiger partial charge in [-0.25, -0.2) is 4.79 Å². The quantitative estimate of drug-likeness (QED) is 0.368. The molecule has 5 rings (SSSR count). The van der Waals surface area contributed by atoms with Gasteiger partial charge in [0.25, 0.3) is 5.91 Å². The zero-order chi connectivity index (χ0) is 22.1. The molecule has 5 aromatic rings. The largest absolute Gasteiger partial charge is 0.496 e. The van der Waals surface area contributed by atoms with Gasteiger partial charge < -0.3 is 14.5 Å². The standard InChI is InChI=1S/C27H19NO4/c1-31-25-16-19-7-3-2-6-18(19)14-23(25)26(29)28-21-12-10-17(11-13-21)22-15-20-8-4-5-9-24(20)32-27(22)30/h2-16H,1H3,(H,28,29). The predicted molar refractivity (Wildman–Crippen MR) is 126 cm³/mol. The minimum atomic E-state index is -0.401. The van der Waals surface area contributed by atoms with Crippen molar-refractivity contribution in [2.45, 2.75) is 0 Å². The zero-order valence-corrected chi connectivity index (χ0v) is 17.3. The molecule has 156 valence electrons. The molecule has 0 saturated heterocycles. The van der Waals surface area contributed by atoms with E-state index in [2.05, 4.69) is 5.32 Å². The first kappa shape index (κ1) is 19.6. The van der Waals surface area contributed by atoms with Crippen molar-refractivity contribution in [3.05, 3.63) is 107 Å². The van der Waals surface area contributed by atoms with Gasteiger partial charge in [-0.15, -0.1) is 0 Å². The van der Waals surface area contributed by atoms with E-state index < -0.39 is 5.63 Å². The summed E-state index contributed by atoms with van der Waals surface area (Å²) < 4.78 is 10.9. The summed E-state index contributed by atoms with van der Waals surface area (Å²) in [6.07, 6.45) is 0. The molecule has 0 aliphatic heterocycles. The van der Waals surface area contributed by atoms with Crippen molar-refractivity contribution >= 4 is 33.3 Å². The summed E-state index contributed by atoms with van der Waals surface area (Å²) in [7, 11) is 1.55. The Kier molecular flexibility index (Phi) is 4.92. The number of rotatable bonds is 4. The van der Waals surface area contributed by atoms with Crippen molar-refractivity contribution in [3.8, 4) is 16.9 Å². The Morgan fingerprint density at radius 2 is 1.47 bits per heavy atom. The van der Waals surface area contributed by atoms with Crippen molar-refractivity contribution in [2.24, 2.45) is 0 Å². The summed E-state index contributed by atoms with van der Waals surface area (Å²) in [5.74, 6) is 0.233. The predicted octanol–water partition coefficient (Wildman–Crippen LogP) is 5.87. The summed E-state index contributed by atoms with van der Waals surface area (Å²) >= 11 is 0. The number of nitrogens with one attached hydrogen (secondary N) is 1. The molecule has 5 heteroatoms. The lowest BCUT2D eigenvalue weighted by atomic mass is 10.0. The van der Waals surface area contributed by atoms with E-state index in [1.54, 1.807) is 37.4 Å². The van der Waals surface area contributed by atoms with Gasteiger partial charge in [0.05, 0.1) is 18.2 Å². The number of hydrogen-bond acceptors (Lipinski definition) is 4. The maximum atomic E-state index is 12.9. The molecular formula is C27H19NO4. The summed E-state index contributed by atoms with van der Waals surface area (Å²) in [5, 5.41) is 5.70. The third-order valence-corrected chi connectivity index (χ3v) is 5.41. The third-order valence-electron chi connectivity index (χ3n) is 5.41. The van der Waals surface area contributed by atoms with Crippen LogP contribution in [0.2, 0.25) is 0 Å². The lowest BCUT2D eigenvalue weighted by molar-refractivity contribution is 0.102.